The summed E-state index contributed by atoms with van der Waals surface area (Å²) in [5, 5.41) is 0. The molecule has 0 aliphatic carbocycles. The summed E-state index contributed by atoms with van der Waals surface area (Å²) in [7, 11) is 0. The van der Waals surface area contributed by atoms with E-state index >= 15 is 0 Å². The van der Waals surface area contributed by atoms with Crippen LogP contribution in [0.5, 0.6) is 0 Å². The highest BCUT2D eigenvalue weighted by molar-refractivity contribution is 6.02. The highest BCUT2D eigenvalue weighted by atomic mass is 16.1. The quantitative estimate of drug-likeness (QED) is 0.870. The van der Waals surface area contributed by atoms with Gasteiger partial charge in [0.1, 0.15) is 0 Å². The SMILES string of the molecule is C=Cc1ccnc(-c2ccccc2)c1C(N)=O. The molecule has 0 radical (unpaired) electrons. The van der Waals surface area contributed by atoms with Crippen LogP contribution in [-0.2, 0) is 0 Å². The van der Waals surface area contributed by atoms with Crippen molar-refractivity contribution < 1.29 is 4.79 Å². The Bertz CT molecular complexity index is 562. The maximum absolute atomic E-state index is 11.5. The summed E-state index contributed by atoms with van der Waals surface area (Å²) in [6, 6.07) is 11.2. The van der Waals surface area contributed by atoms with Crippen LogP contribution in [0.3, 0.4) is 0 Å². The second-order valence-corrected chi connectivity index (χ2v) is 3.56. The number of carbonyl (C=O) groups is 1. The van der Waals surface area contributed by atoms with Crippen LogP contribution in [0.25, 0.3) is 17.3 Å². The van der Waals surface area contributed by atoms with E-state index in [1.54, 1.807) is 18.3 Å². The Kier molecular flexibility index (Phi) is 3.01. The second kappa shape index (κ2) is 4.61. The molecule has 3 nitrogen and oxygen atoms in total. The Morgan fingerprint density at radius 2 is 1.94 bits per heavy atom. The number of pyridine rings is 1. The largest absolute Gasteiger partial charge is 0.366 e. The molecule has 17 heavy (non-hydrogen) atoms. The zero-order valence-corrected chi connectivity index (χ0v) is 9.26. The van der Waals surface area contributed by atoms with Gasteiger partial charge in [0, 0.05) is 11.8 Å². The molecule has 2 rings (SSSR count). The standard InChI is InChI=1S/C14H12N2O/c1-2-10-8-9-16-13(12(10)14(15)17)11-6-4-3-5-7-11/h2-9H,1H2,(H2,15,17). The van der Waals surface area contributed by atoms with Crippen LogP contribution >= 0.6 is 0 Å². The van der Waals surface area contributed by atoms with Crippen molar-refractivity contribution in [1.82, 2.24) is 4.98 Å². The Morgan fingerprint density at radius 3 is 2.53 bits per heavy atom. The molecule has 0 spiro atoms. The van der Waals surface area contributed by atoms with Crippen LogP contribution in [0.2, 0.25) is 0 Å². The summed E-state index contributed by atoms with van der Waals surface area (Å²) in [6.45, 7) is 3.67. The predicted molar refractivity (Wildman–Crippen MR) is 68.3 cm³/mol. The fourth-order valence-electron chi connectivity index (χ4n) is 1.72. The first kappa shape index (κ1) is 11.1. The van der Waals surface area contributed by atoms with E-state index < -0.39 is 5.91 Å². The molecule has 3 heteroatoms. The monoisotopic (exact) mass is 224 g/mol. The molecule has 0 atom stereocenters. The lowest BCUT2D eigenvalue weighted by molar-refractivity contribution is 0.100. The summed E-state index contributed by atoms with van der Waals surface area (Å²) >= 11 is 0. The highest BCUT2D eigenvalue weighted by Gasteiger charge is 2.14. The first-order valence-corrected chi connectivity index (χ1v) is 5.20. The van der Waals surface area contributed by atoms with Crippen LogP contribution in [0.4, 0.5) is 0 Å². The Morgan fingerprint density at radius 1 is 1.24 bits per heavy atom. The zero-order valence-electron chi connectivity index (χ0n) is 9.26. The van der Waals surface area contributed by atoms with Crippen LogP contribution in [0.1, 0.15) is 15.9 Å². The lowest BCUT2D eigenvalue weighted by Gasteiger charge is -2.08. The first-order valence-electron chi connectivity index (χ1n) is 5.20. The van der Waals surface area contributed by atoms with Gasteiger partial charge in [-0.05, 0) is 11.6 Å². The van der Waals surface area contributed by atoms with Gasteiger partial charge in [-0.1, -0.05) is 43.0 Å². The van der Waals surface area contributed by atoms with E-state index in [9.17, 15) is 4.79 Å². The summed E-state index contributed by atoms with van der Waals surface area (Å²) in [5.74, 6) is -0.494. The van der Waals surface area contributed by atoms with Crippen molar-refractivity contribution in [2.45, 2.75) is 0 Å². The maximum atomic E-state index is 11.5. The van der Waals surface area contributed by atoms with Crippen molar-refractivity contribution in [2.75, 3.05) is 0 Å². The molecule has 84 valence electrons. The number of rotatable bonds is 3. The molecule has 1 aromatic heterocycles. The smallest absolute Gasteiger partial charge is 0.251 e. The van der Waals surface area contributed by atoms with E-state index in [0.717, 1.165) is 5.56 Å². The number of primary amides is 1. The van der Waals surface area contributed by atoms with E-state index in [-0.39, 0.29) is 0 Å². The van der Waals surface area contributed by atoms with Gasteiger partial charge in [-0.3, -0.25) is 9.78 Å². The number of carbonyl (C=O) groups excluding carboxylic acids is 1. The Hall–Kier alpha value is -2.42. The average molecular weight is 224 g/mol. The van der Waals surface area contributed by atoms with Gasteiger partial charge in [0.15, 0.2) is 0 Å². The average Bonchev–Trinajstić information content (AvgIpc) is 2.38. The molecular formula is C14H12N2O. The molecule has 0 aliphatic rings. The van der Waals surface area contributed by atoms with Crippen LogP contribution in [0, 0.1) is 0 Å². The third-order valence-electron chi connectivity index (χ3n) is 2.50. The molecule has 0 aliphatic heterocycles. The predicted octanol–water partition coefficient (Wildman–Crippen LogP) is 2.49. The first-order chi connectivity index (χ1) is 8.24. The van der Waals surface area contributed by atoms with E-state index in [0.29, 0.717) is 16.8 Å². The van der Waals surface area contributed by atoms with Crippen LogP contribution < -0.4 is 5.73 Å². The van der Waals surface area contributed by atoms with Gasteiger partial charge in [0.25, 0.3) is 5.91 Å². The third-order valence-corrected chi connectivity index (χ3v) is 2.50. The van der Waals surface area contributed by atoms with Gasteiger partial charge in [-0.15, -0.1) is 0 Å². The fourth-order valence-corrected chi connectivity index (χ4v) is 1.72. The lowest BCUT2D eigenvalue weighted by atomic mass is 10.0. The number of aromatic nitrogens is 1. The maximum Gasteiger partial charge on any atom is 0.251 e. The number of nitrogens with zero attached hydrogens (tertiary/aromatic N) is 1. The second-order valence-electron chi connectivity index (χ2n) is 3.56. The normalized spacial score (nSPS) is 9.88. The minimum absolute atomic E-state index is 0.411. The van der Waals surface area contributed by atoms with Gasteiger partial charge >= 0.3 is 0 Å². The highest BCUT2D eigenvalue weighted by Crippen LogP contribution is 2.23. The van der Waals surface area contributed by atoms with Gasteiger partial charge in [0.2, 0.25) is 0 Å². The molecule has 0 fully saturated rings. The molecule has 1 heterocycles. The topological polar surface area (TPSA) is 56.0 Å². The van der Waals surface area contributed by atoms with Gasteiger partial charge < -0.3 is 5.73 Å². The molecule has 0 saturated heterocycles. The fraction of sp³-hybridized carbons (Fsp3) is 0. The number of nitrogens with two attached hydrogens (primary N) is 1. The zero-order chi connectivity index (χ0) is 12.3. The minimum Gasteiger partial charge on any atom is -0.366 e. The molecule has 1 amide bonds. The van der Waals surface area contributed by atoms with Gasteiger partial charge in [-0.25, -0.2) is 0 Å². The minimum atomic E-state index is -0.494. The van der Waals surface area contributed by atoms with Crippen molar-refractivity contribution in [3.63, 3.8) is 0 Å². The summed E-state index contributed by atoms with van der Waals surface area (Å²) in [4.78, 5) is 15.7. The van der Waals surface area contributed by atoms with Crippen molar-refractivity contribution >= 4 is 12.0 Å². The van der Waals surface area contributed by atoms with E-state index in [1.165, 1.54) is 0 Å². The molecule has 2 aromatic rings. The van der Waals surface area contributed by atoms with Crippen molar-refractivity contribution in [2.24, 2.45) is 5.73 Å². The third kappa shape index (κ3) is 2.08. The summed E-state index contributed by atoms with van der Waals surface area (Å²) in [5.41, 5.74) is 7.97. The summed E-state index contributed by atoms with van der Waals surface area (Å²) < 4.78 is 0. The van der Waals surface area contributed by atoms with Crippen molar-refractivity contribution in [3.05, 3.63) is 60.3 Å². The molecule has 0 saturated carbocycles. The van der Waals surface area contributed by atoms with Crippen LogP contribution in [-0.4, -0.2) is 10.9 Å². The van der Waals surface area contributed by atoms with Crippen molar-refractivity contribution in [1.29, 1.82) is 0 Å². The van der Waals surface area contributed by atoms with Gasteiger partial charge in [-0.2, -0.15) is 0 Å². The number of amides is 1. The molecule has 1 aromatic carbocycles. The molecule has 0 unspecified atom stereocenters. The van der Waals surface area contributed by atoms with E-state index in [2.05, 4.69) is 11.6 Å². The molecule has 0 bridgehead atoms. The number of benzene rings is 1. The molecule has 2 N–H and O–H groups in total. The summed E-state index contributed by atoms with van der Waals surface area (Å²) in [6.07, 6.45) is 3.25. The number of hydrogen-bond acceptors (Lipinski definition) is 2. The van der Waals surface area contributed by atoms with Gasteiger partial charge in [0.05, 0.1) is 11.3 Å². The van der Waals surface area contributed by atoms with E-state index in [1.807, 2.05) is 30.3 Å². The Labute approximate surface area is 99.6 Å². The van der Waals surface area contributed by atoms with E-state index in [4.69, 9.17) is 5.73 Å². The lowest BCUT2D eigenvalue weighted by Crippen LogP contribution is -2.15. The van der Waals surface area contributed by atoms with Crippen LogP contribution in [0.15, 0.2) is 49.2 Å². The molecular weight excluding hydrogens is 212 g/mol. The number of hydrogen-bond donors (Lipinski definition) is 1. The van der Waals surface area contributed by atoms with Crippen molar-refractivity contribution in [3.8, 4) is 11.3 Å². The Balaban J connectivity index is 2.70.